The molecule has 1 heterocycles. The fourth-order valence-corrected chi connectivity index (χ4v) is 3.61. The van der Waals surface area contributed by atoms with Crippen molar-refractivity contribution in [1.29, 1.82) is 0 Å². The van der Waals surface area contributed by atoms with Gasteiger partial charge >= 0.3 is 0 Å². The van der Waals surface area contributed by atoms with E-state index < -0.39 is 11.1 Å². The van der Waals surface area contributed by atoms with E-state index in [2.05, 4.69) is 0 Å². The van der Waals surface area contributed by atoms with Gasteiger partial charge in [0.25, 0.3) is 0 Å². The largest absolute Gasteiger partial charge is 0.398 e. The molecular formula is C17H15FN2O2S. The van der Waals surface area contributed by atoms with Crippen molar-refractivity contribution in [2.75, 3.05) is 10.6 Å². The molecule has 4 nitrogen and oxygen atoms in total. The first-order chi connectivity index (χ1) is 11.0. The molecule has 1 aliphatic rings. The van der Waals surface area contributed by atoms with Gasteiger partial charge in [-0.25, -0.2) is 9.29 Å². The van der Waals surface area contributed by atoms with Crippen molar-refractivity contribution < 1.29 is 14.0 Å². The van der Waals surface area contributed by atoms with Crippen molar-refractivity contribution in [2.45, 2.75) is 23.5 Å². The molecule has 0 aromatic heterocycles. The summed E-state index contributed by atoms with van der Waals surface area (Å²) in [4.78, 5) is 26.7. The summed E-state index contributed by atoms with van der Waals surface area (Å²) >= 11 is 1.27. The van der Waals surface area contributed by atoms with E-state index in [0.29, 0.717) is 16.9 Å². The number of imide groups is 1. The van der Waals surface area contributed by atoms with Crippen LogP contribution in [0.15, 0.2) is 47.4 Å². The van der Waals surface area contributed by atoms with E-state index in [4.69, 9.17) is 5.73 Å². The van der Waals surface area contributed by atoms with Crippen molar-refractivity contribution in [1.82, 2.24) is 0 Å². The molecule has 1 saturated heterocycles. The van der Waals surface area contributed by atoms with Gasteiger partial charge in [-0.15, -0.1) is 11.8 Å². The molecule has 1 unspecified atom stereocenters. The highest BCUT2D eigenvalue weighted by atomic mass is 32.2. The number of rotatable bonds is 3. The van der Waals surface area contributed by atoms with Crippen LogP contribution in [0.25, 0.3) is 0 Å². The van der Waals surface area contributed by atoms with Gasteiger partial charge in [0.2, 0.25) is 11.8 Å². The summed E-state index contributed by atoms with van der Waals surface area (Å²) in [5.41, 5.74) is 7.44. The number of aryl methyl sites for hydroxylation is 1. The summed E-state index contributed by atoms with van der Waals surface area (Å²) in [6.07, 6.45) is 0.0772. The smallest absolute Gasteiger partial charge is 0.247 e. The predicted molar refractivity (Wildman–Crippen MR) is 88.7 cm³/mol. The molecule has 1 atom stereocenters. The average Bonchev–Trinajstić information content (AvgIpc) is 2.79. The highest BCUT2D eigenvalue weighted by Gasteiger charge is 2.41. The quantitative estimate of drug-likeness (QED) is 0.694. The maximum atomic E-state index is 13.5. The van der Waals surface area contributed by atoms with Crippen LogP contribution in [0.1, 0.15) is 12.0 Å². The first kappa shape index (κ1) is 15.6. The summed E-state index contributed by atoms with van der Waals surface area (Å²) in [6.45, 7) is 1.74. The van der Waals surface area contributed by atoms with E-state index in [1.807, 2.05) is 18.2 Å². The Kier molecular flexibility index (Phi) is 4.09. The zero-order valence-corrected chi connectivity index (χ0v) is 13.3. The fraction of sp³-hybridized carbons (Fsp3) is 0.176. The van der Waals surface area contributed by atoms with Crippen molar-refractivity contribution in [3.05, 3.63) is 53.8 Å². The lowest BCUT2D eigenvalue weighted by Crippen LogP contribution is -2.31. The summed E-state index contributed by atoms with van der Waals surface area (Å²) < 4.78 is 13.5. The third kappa shape index (κ3) is 2.94. The zero-order valence-electron chi connectivity index (χ0n) is 12.5. The molecule has 3 rings (SSSR count). The third-order valence-corrected chi connectivity index (χ3v) is 4.98. The summed E-state index contributed by atoms with van der Waals surface area (Å²) in [5, 5.41) is -0.546. The lowest BCUT2D eigenvalue weighted by molar-refractivity contribution is -0.121. The summed E-state index contributed by atoms with van der Waals surface area (Å²) in [6, 6.07) is 11.3. The first-order valence-electron chi connectivity index (χ1n) is 7.11. The molecule has 0 saturated carbocycles. The lowest BCUT2D eigenvalue weighted by Gasteiger charge is -2.17. The van der Waals surface area contributed by atoms with Gasteiger partial charge in [-0.05, 0) is 36.8 Å². The normalized spacial score (nSPS) is 17.8. The number of anilines is 2. The maximum Gasteiger partial charge on any atom is 0.247 e. The van der Waals surface area contributed by atoms with E-state index in [0.717, 1.165) is 9.80 Å². The van der Waals surface area contributed by atoms with E-state index in [1.54, 1.807) is 19.1 Å². The predicted octanol–water partition coefficient (Wildman–Crippen LogP) is 3.14. The molecule has 2 aromatic rings. The summed E-state index contributed by atoms with van der Waals surface area (Å²) in [7, 11) is 0. The Bertz CT molecular complexity index is 794. The number of thioether (sulfide) groups is 1. The Morgan fingerprint density at radius 2 is 1.96 bits per heavy atom. The van der Waals surface area contributed by atoms with Crippen LogP contribution in [0, 0.1) is 12.7 Å². The number of benzene rings is 2. The van der Waals surface area contributed by atoms with Crippen LogP contribution in [-0.2, 0) is 9.59 Å². The van der Waals surface area contributed by atoms with Gasteiger partial charge in [-0.1, -0.05) is 18.2 Å². The second-order valence-electron chi connectivity index (χ2n) is 5.35. The topological polar surface area (TPSA) is 63.4 Å². The molecule has 2 N–H and O–H groups in total. The number of nitrogen functional groups attached to an aromatic ring is 1. The van der Waals surface area contributed by atoms with Crippen LogP contribution in [0.4, 0.5) is 15.8 Å². The Labute approximate surface area is 137 Å². The van der Waals surface area contributed by atoms with Crippen molar-refractivity contribution in [3.63, 3.8) is 0 Å². The number of hydrogen-bond donors (Lipinski definition) is 1. The van der Waals surface area contributed by atoms with Crippen molar-refractivity contribution in [2.24, 2.45) is 0 Å². The SMILES string of the molecule is Cc1ccc(F)cc1N1C(=O)CC(Sc2ccccc2N)C1=O. The minimum absolute atomic E-state index is 0.0772. The van der Waals surface area contributed by atoms with Crippen LogP contribution >= 0.6 is 11.8 Å². The Morgan fingerprint density at radius 1 is 1.22 bits per heavy atom. The standard InChI is InChI=1S/C17H15FN2O2S/c1-10-6-7-11(18)8-13(10)20-16(21)9-15(17(20)22)23-14-5-3-2-4-12(14)19/h2-8,15H,9,19H2,1H3. The number of halogens is 1. The molecule has 0 aliphatic carbocycles. The fourth-order valence-electron chi connectivity index (χ4n) is 2.51. The molecule has 23 heavy (non-hydrogen) atoms. The number of para-hydroxylation sites is 1. The Morgan fingerprint density at radius 3 is 2.70 bits per heavy atom. The summed E-state index contributed by atoms with van der Waals surface area (Å²) in [5.74, 6) is -1.14. The second-order valence-corrected chi connectivity index (χ2v) is 6.59. The molecule has 1 aliphatic heterocycles. The van der Waals surface area contributed by atoms with E-state index >= 15 is 0 Å². The maximum absolute atomic E-state index is 13.5. The van der Waals surface area contributed by atoms with Crippen molar-refractivity contribution >= 4 is 35.0 Å². The van der Waals surface area contributed by atoms with Crippen LogP contribution in [-0.4, -0.2) is 17.1 Å². The minimum atomic E-state index is -0.546. The molecule has 1 fully saturated rings. The van der Waals surface area contributed by atoms with Gasteiger partial charge in [0.05, 0.1) is 10.9 Å². The molecule has 0 radical (unpaired) electrons. The number of nitrogens with zero attached hydrogens (tertiary/aromatic N) is 1. The van der Waals surface area contributed by atoms with Gasteiger partial charge < -0.3 is 5.73 Å². The van der Waals surface area contributed by atoms with Gasteiger partial charge in [0.15, 0.2) is 0 Å². The number of amides is 2. The van der Waals surface area contributed by atoms with Crippen LogP contribution < -0.4 is 10.6 Å². The van der Waals surface area contributed by atoms with Gasteiger partial charge in [0.1, 0.15) is 5.82 Å². The van der Waals surface area contributed by atoms with Gasteiger partial charge in [0, 0.05) is 17.0 Å². The van der Waals surface area contributed by atoms with Gasteiger partial charge in [-0.2, -0.15) is 0 Å². The average molecular weight is 330 g/mol. The highest BCUT2D eigenvalue weighted by molar-refractivity contribution is 8.00. The molecular weight excluding hydrogens is 315 g/mol. The lowest BCUT2D eigenvalue weighted by atomic mass is 10.2. The second kappa shape index (κ2) is 6.04. The monoisotopic (exact) mass is 330 g/mol. The third-order valence-electron chi connectivity index (χ3n) is 3.71. The van der Waals surface area contributed by atoms with Crippen molar-refractivity contribution in [3.8, 4) is 0 Å². The van der Waals surface area contributed by atoms with E-state index in [9.17, 15) is 14.0 Å². The highest BCUT2D eigenvalue weighted by Crippen LogP contribution is 2.37. The molecule has 0 spiro atoms. The molecule has 2 amide bonds. The molecule has 6 heteroatoms. The van der Waals surface area contributed by atoms with Crippen LogP contribution in [0.3, 0.4) is 0 Å². The molecule has 118 valence electrons. The number of carbonyl (C=O) groups is 2. The van der Waals surface area contributed by atoms with Gasteiger partial charge in [-0.3, -0.25) is 9.59 Å². The number of carbonyl (C=O) groups excluding carboxylic acids is 2. The number of nitrogens with two attached hydrogens (primary N) is 1. The minimum Gasteiger partial charge on any atom is -0.398 e. The van der Waals surface area contributed by atoms with Crippen LogP contribution in [0.5, 0.6) is 0 Å². The Hall–Kier alpha value is -2.34. The first-order valence-corrected chi connectivity index (χ1v) is 7.99. The van der Waals surface area contributed by atoms with E-state index in [1.165, 1.54) is 23.9 Å². The van der Waals surface area contributed by atoms with Crippen LogP contribution in [0.2, 0.25) is 0 Å². The Balaban J connectivity index is 1.88. The van der Waals surface area contributed by atoms with E-state index in [-0.39, 0.29) is 18.2 Å². The molecule has 0 bridgehead atoms. The molecule has 2 aromatic carbocycles. The zero-order chi connectivity index (χ0) is 16.6. The number of hydrogen-bond acceptors (Lipinski definition) is 4.